The maximum absolute atomic E-state index is 11.7. The van der Waals surface area contributed by atoms with E-state index >= 15 is 0 Å². The lowest BCUT2D eigenvalue weighted by Gasteiger charge is -2.04. The predicted molar refractivity (Wildman–Crippen MR) is 81.9 cm³/mol. The van der Waals surface area contributed by atoms with E-state index in [9.17, 15) is 9.59 Å². The highest BCUT2D eigenvalue weighted by atomic mass is 32.2. The number of hydrogen-bond acceptors (Lipinski definition) is 3. The monoisotopic (exact) mass is 285 g/mol. The van der Waals surface area contributed by atoms with Crippen molar-refractivity contribution in [2.24, 2.45) is 0 Å². The summed E-state index contributed by atoms with van der Waals surface area (Å²) in [6.07, 6.45) is -0.0886. The van der Waals surface area contributed by atoms with Crippen LogP contribution < -0.4 is 5.32 Å². The van der Waals surface area contributed by atoms with Crippen LogP contribution in [0.1, 0.15) is 6.42 Å². The lowest BCUT2D eigenvalue weighted by molar-refractivity contribution is -0.123. The molecule has 0 heterocycles. The molecule has 0 fully saturated rings. The van der Waals surface area contributed by atoms with E-state index in [4.69, 9.17) is 0 Å². The molecule has 3 nitrogen and oxygen atoms in total. The van der Waals surface area contributed by atoms with Crippen molar-refractivity contribution in [3.05, 3.63) is 60.7 Å². The fourth-order valence-corrected chi connectivity index (χ4v) is 2.42. The third-order valence-electron chi connectivity index (χ3n) is 2.56. The third-order valence-corrected chi connectivity index (χ3v) is 3.63. The Kier molecular flexibility index (Phi) is 5.38. The standard InChI is InChI=1S/C16H15NO2S/c18-14(12-20-15-9-5-2-6-10-15)11-16(19)17-13-7-3-1-4-8-13/h1-10H,11-12H2,(H,17,19). The van der Waals surface area contributed by atoms with Crippen molar-refractivity contribution in [1.29, 1.82) is 0 Å². The van der Waals surface area contributed by atoms with E-state index in [2.05, 4.69) is 5.32 Å². The number of Topliss-reactive ketones (excluding diaryl/α,β-unsaturated/α-hetero) is 1. The van der Waals surface area contributed by atoms with Gasteiger partial charge in [-0.25, -0.2) is 0 Å². The van der Waals surface area contributed by atoms with Gasteiger partial charge >= 0.3 is 0 Å². The topological polar surface area (TPSA) is 46.2 Å². The van der Waals surface area contributed by atoms with Gasteiger partial charge in [-0.1, -0.05) is 36.4 Å². The number of carbonyl (C=O) groups is 2. The minimum absolute atomic E-state index is 0.0766. The molecular formula is C16H15NO2S. The average Bonchev–Trinajstić information content (AvgIpc) is 2.47. The van der Waals surface area contributed by atoms with Gasteiger partial charge in [0.15, 0.2) is 5.78 Å². The quantitative estimate of drug-likeness (QED) is 0.654. The van der Waals surface area contributed by atoms with E-state index in [1.165, 1.54) is 11.8 Å². The normalized spacial score (nSPS) is 10.0. The van der Waals surface area contributed by atoms with E-state index in [0.29, 0.717) is 11.4 Å². The summed E-state index contributed by atoms with van der Waals surface area (Å²) in [6, 6.07) is 18.8. The Morgan fingerprint density at radius 2 is 1.50 bits per heavy atom. The fraction of sp³-hybridized carbons (Fsp3) is 0.125. The Hall–Kier alpha value is -2.07. The number of benzene rings is 2. The van der Waals surface area contributed by atoms with E-state index < -0.39 is 0 Å². The van der Waals surface area contributed by atoms with Crippen LogP contribution in [0, 0.1) is 0 Å². The molecule has 0 saturated heterocycles. The minimum atomic E-state index is -0.269. The second-order valence-corrected chi connectivity index (χ2v) is 5.28. The largest absolute Gasteiger partial charge is 0.326 e. The molecule has 0 radical (unpaired) electrons. The Bertz CT molecular complexity index is 570. The summed E-state index contributed by atoms with van der Waals surface area (Å²) in [5.74, 6) is -0.0335. The van der Waals surface area contributed by atoms with Crippen LogP contribution in [0.25, 0.3) is 0 Å². The molecule has 102 valence electrons. The molecule has 0 aromatic heterocycles. The van der Waals surface area contributed by atoms with E-state index in [1.807, 2.05) is 48.5 Å². The summed E-state index contributed by atoms with van der Waals surface area (Å²) >= 11 is 1.45. The Morgan fingerprint density at radius 3 is 2.15 bits per heavy atom. The first-order chi connectivity index (χ1) is 9.74. The van der Waals surface area contributed by atoms with E-state index in [-0.39, 0.29) is 18.1 Å². The van der Waals surface area contributed by atoms with Crippen molar-refractivity contribution in [2.45, 2.75) is 11.3 Å². The van der Waals surface area contributed by atoms with Crippen LogP contribution in [0.15, 0.2) is 65.6 Å². The Balaban J connectivity index is 1.75. The molecule has 0 spiro atoms. The molecule has 0 unspecified atom stereocenters. The number of thioether (sulfide) groups is 1. The molecule has 0 saturated carbocycles. The van der Waals surface area contributed by atoms with Crippen LogP contribution in [-0.4, -0.2) is 17.4 Å². The molecule has 1 N–H and O–H groups in total. The molecule has 0 aliphatic rings. The van der Waals surface area contributed by atoms with Gasteiger partial charge in [0, 0.05) is 10.6 Å². The zero-order valence-electron chi connectivity index (χ0n) is 10.9. The van der Waals surface area contributed by atoms with Crippen LogP contribution in [0.4, 0.5) is 5.69 Å². The number of hydrogen-bond donors (Lipinski definition) is 1. The van der Waals surface area contributed by atoms with E-state index in [1.54, 1.807) is 12.1 Å². The molecular weight excluding hydrogens is 270 g/mol. The molecule has 4 heteroatoms. The molecule has 0 atom stereocenters. The highest BCUT2D eigenvalue weighted by Crippen LogP contribution is 2.17. The van der Waals surface area contributed by atoms with Crippen molar-refractivity contribution in [1.82, 2.24) is 0 Å². The number of nitrogens with one attached hydrogen (secondary N) is 1. The van der Waals surface area contributed by atoms with Gasteiger partial charge in [-0.2, -0.15) is 0 Å². The number of para-hydroxylation sites is 1. The van der Waals surface area contributed by atoms with Crippen LogP contribution in [-0.2, 0) is 9.59 Å². The number of anilines is 1. The van der Waals surface area contributed by atoms with Gasteiger partial charge in [0.05, 0.1) is 12.2 Å². The van der Waals surface area contributed by atoms with Gasteiger partial charge in [-0.05, 0) is 24.3 Å². The maximum Gasteiger partial charge on any atom is 0.231 e. The molecule has 0 aliphatic heterocycles. The van der Waals surface area contributed by atoms with Gasteiger partial charge < -0.3 is 5.32 Å². The fourth-order valence-electron chi connectivity index (χ4n) is 1.64. The van der Waals surface area contributed by atoms with Gasteiger partial charge in [0.2, 0.25) is 5.91 Å². The van der Waals surface area contributed by atoms with Crippen LogP contribution in [0.5, 0.6) is 0 Å². The molecule has 2 aromatic carbocycles. The first-order valence-corrected chi connectivity index (χ1v) is 7.27. The van der Waals surface area contributed by atoms with Crippen molar-refractivity contribution in [2.75, 3.05) is 11.1 Å². The molecule has 20 heavy (non-hydrogen) atoms. The van der Waals surface area contributed by atoms with Crippen LogP contribution in [0.3, 0.4) is 0 Å². The van der Waals surface area contributed by atoms with Gasteiger partial charge in [-0.15, -0.1) is 11.8 Å². The first-order valence-electron chi connectivity index (χ1n) is 6.28. The second-order valence-electron chi connectivity index (χ2n) is 4.23. The first kappa shape index (κ1) is 14.3. The smallest absolute Gasteiger partial charge is 0.231 e. The predicted octanol–water partition coefficient (Wildman–Crippen LogP) is 3.38. The highest BCUT2D eigenvalue weighted by molar-refractivity contribution is 8.00. The molecule has 0 bridgehead atoms. The zero-order chi connectivity index (χ0) is 14.2. The highest BCUT2D eigenvalue weighted by Gasteiger charge is 2.10. The number of carbonyl (C=O) groups excluding carboxylic acids is 2. The van der Waals surface area contributed by atoms with Crippen molar-refractivity contribution < 1.29 is 9.59 Å². The Labute approximate surface area is 122 Å². The summed E-state index contributed by atoms with van der Waals surface area (Å²) in [6.45, 7) is 0. The van der Waals surface area contributed by atoms with Crippen molar-refractivity contribution >= 4 is 29.1 Å². The van der Waals surface area contributed by atoms with Gasteiger partial charge in [0.1, 0.15) is 0 Å². The summed E-state index contributed by atoms with van der Waals surface area (Å²) in [5, 5.41) is 2.70. The molecule has 1 amide bonds. The van der Waals surface area contributed by atoms with Crippen LogP contribution in [0.2, 0.25) is 0 Å². The molecule has 2 rings (SSSR count). The Morgan fingerprint density at radius 1 is 0.900 bits per heavy atom. The average molecular weight is 285 g/mol. The number of rotatable bonds is 6. The van der Waals surface area contributed by atoms with E-state index in [0.717, 1.165) is 4.90 Å². The van der Waals surface area contributed by atoms with Gasteiger partial charge in [0.25, 0.3) is 0 Å². The SMILES string of the molecule is O=C(CSc1ccccc1)CC(=O)Nc1ccccc1. The molecule has 0 aliphatic carbocycles. The zero-order valence-corrected chi connectivity index (χ0v) is 11.7. The molecule has 2 aromatic rings. The summed E-state index contributed by atoms with van der Waals surface area (Å²) in [5.41, 5.74) is 0.709. The lowest BCUT2D eigenvalue weighted by Crippen LogP contribution is -2.17. The summed E-state index contributed by atoms with van der Waals surface area (Å²) in [7, 11) is 0. The van der Waals surface area contributed by atoms with Gasteiger partial charge in [-0.3, -0.25) is 9.59 Å². The maximum atomic E-state index is 11.7. The number of ketones is 1. The summed E-state index contributed by atoms with van der Waals surface area (Å²) < 4.78 is 0. The lowest BCUT2D eigenvalue weighted by atomic mass is 10.2. The van der Waals surface area contributed by atoms with Crippen molar-refractivity contribution in [3.63, 3.8) is 0 Å². The second kappa shape index (κ2) is 7.50. The minimum Gasteiger partial charge on any atom is -0.326 e. The number of amides is 1. The third kappa shape index (κ3) is 4.90. The van der Waals surface area contributed by atoms with Crippen LogP contribution >= 0.6 is 11.8 Å². The van der Waals surface area contributed by atoms with Crippen molar-refractivity contribution in [3.8, 4) is 0 Å². The summed E-state index contributed by atoms with van der Waals surface area (Å²) in [4.78, 5) is 24.5.